The van der Waals surface area contributed by atoms with Gasteiger partial charge in [-0.2, -0.15) is 0 Å². The van der Waals surface area contributed by atoms with Crippen molar-refractivity contribution in [2.75, 3.05) is 17.2 Å². The van der Waals surface area contributed by atoms with Crippen LogP contribution in [0.3, 0.4) is 0 Å². The Morgan fingerprint density at radius 2 is 2.23 bits per heavy atom. The van der Waals surface area contributed by atoms with Crippen molar-refractivity contribution >= 4 is 23.2 Å². The molecule has 2 amide bonds. The lowest BCUT2D eigenvalue weighted by Gasteiger charge is -2.18. The molecule has 22 heavy (non-hydrogen) atoms. The Kier molecular flexibility index (Phi) is 3.54. The highest BCUT2D eigenvalue weighted by Crippen LogP contribution is 2.30. The third-order valence-corrected chi connectivity index (χ3v) is 3.41. The smallest absolute Gasteiger partial charge is 0.262 e. The molecule has 1 aliphatic rings. The van der Waals surface area contributed by atoms with Crippen LogP contribution in [-0.4, -0.2) is 23.6 Å². The maximum Gasteiger partial charge on any atom is 0.262 e. The number of aryl methyl sites for hydroxylation is 2. The highest BCUT2D eigenvalue weighted by atomic mass is 16.5. The lowest BCUT2D eigenvalue weighted by molar-refractivity contribution is -0.118. The monoisotopic (exact) mass is 301 g/mol. The van der Waals surface area contributed by atoms with E-state index >= 15 is 0 Å². The van der Waals surface area contributed by atoms with Crippen LogP contribution in [0.25, 0.3) is 0 Å². The SMILES string of the molecule is Cc1noc(C)c1CC(=O)Nc1ccc2c(c1)NC(=O)CO2. The van der Waals surface area contributed by atoms with Crippen molar-refractivity contribution in [3.8, 4) is 5.75 Å². The normalized spacial score (nSPS) is 13.1. The first kappa shape index (κ1) is 14.1. The quantitative estimate of drug-likeness (QED) is 0.901. The maximum absolute atomic E-state index is 12.1. The molecule has 1 aromatic carbocycles. The van der Waals surface area contributed by atoms with E-state index in [9.17, 15) is 9.59 Å². The molecule has 0 radical (unpaired) electrons. The third kappa shape index (κ3) is 2.78. The van der Waals surface area contributed by atoms with E-state index in [1.165, 1.54) is 0 Å². The summed E-state index contributed by atoms with van der Waals surface area (Å²) in [6, 6.07) is 5.10. The fourth-order valence-electron chi connectivity index (χ4n) is 2.28. The highest BCUT2D eigenvalue weighted by molar-refractivity contribution is 5.98. The number of anilines is 2. The molecule has 2 N–H and O–H groups in total. The number of carbonyl (C=O) groups excluding carboxylic acids is 2. The van der Waals surface area contributed by atoms with Gasteiger partial charge in [0.1, 0.15) is 11.5 Å². The van der Waals surface area contributed by atoms with Crippen LogP contribution in [0.5, 0.6) is 5.75 Å². The zero-order chi connectivity index (χ0) is 15.7. The first-order valence-electron chi connectivity index (χ1n) is 6.81. The number of amides is 2. The second-order valence-corrected chi connectivity index (χ2v) is 5.08. The van der Waals surface area contributed by atoms with Gasteiger partial charge in [-0.3, -0.25) is 9.59 Å². The Hall–Kier alpha value is -2.83. The molecule has 0 saturated carbocycles. The number of nitrogens with one attached hydrogen (secondary N) is 2. The first-order chi connectivity index (χ1) is 10.5. The van der Waals surface area contributed by atoms with E-state index in [-0.39, 0.29) is 24.8 Å². The minimum absolute atomic E-state index is 0.00471. The number of hydrogen-bond donors (Lipinski definition) is 2. The van der Waals surface area contributed by atoms with Crippen molar-refractivity contribution in [1.29, 1.82) is 0 Å². The van der Waals surface area contributed by atoms with E-state index in [4.69, 9.17) is 9.26 Å². The van der Waals surface area contributed by atoms with Gasteiger partial charge in [-0.25, -0.2) is 0 Å². The van der Waals surface area contributed by atoms with E-state index in [1.54, 1.807) is 32.0 Å². The number of benzene rings is 1. The highest BCUT2D eigenvalue weighted by Gasteiger charge is 2.17. The molecule has 2 aromatic rings. The van der Waals surface area contributed by atoms with Crippen molar-refractivity contribution in [2.45, 2.75) is 20.3 Å². The summed E-state index contributed by atoms with van der Waals surface area (Å²) in [7, 11) is 0. The predicted molar refractivity (Wildman–Crippen MR) is 78.9 cm³/mol. The minimum Gasteiger partial charge on any atom is -0.482 e. The topological polar surface area (TPSA) is 93.5 Å². The fraction of sp³-hybridized carbons (Fsp3) is 0.267. The van der Waals surface area contributed by atoms with E-state index in [1.807, 2.05) is 0 Å². The molecule has 1 aromatic heterocycles. The molecule has 0 spiro atoms. The van der Waals surface area contributed by atoms with E-state index < -0.39 is 0 Å². The molecule has 2 heterocycles. The molecule has 114 valence electrons. The number of ether oxygens (including phenoxy) is 1. The Bertz CT molecular complexity index is 732. The second-order valence-electron chi connectivity index (χ2n) is 5.08. The molecule has 3 rings (SSSR count). The molecule has 0 aliphatic carbocycles. The molecule has 0 unspecified atom stereocenters. The predicted octanol–water partition coefficient (Wildman–Crippen LogP) is 1.80. The Balaban J connectivity index is 1.72. The van der Waals surface area contributed by atoms with Crippen LogP contribution < -0.4 is 15.4 Å². The van der Waals surface area contributed by atoms with Crippen LogP contribution >= 0.6 is 0 Å². The van der Waals surface area contributed by atoms with Crippen LogP contribution in [0.15, 0.2) is 22.7 Å². The number of hydrogen-bond acceptors (Lipinski definition) is 5. The summed E-state index contributed by atoms with van der Waals surface area (Å²) in [6.07, 6.45) is 0.182. The van der Waals surface area contributed by atoms with Crippen LogP contribution in [0.2, 0.25) is 0 Å². The van der Waals surface area contributed by atoms with Gasteiger partial charge in [0.25, 0.3) is 5.91 Å². The van der Waals surface area contributed by atoms with Crippen LogP contribution in [0.1, 0.15) is 17.0 Å². The van der Waals surface area contributed by atoms with E-state index in [0.29, 0.717) is 28.6 Å². The summed E-state index contributed by atoms with van der Waals surface area (Å²) in [5.41, 5.74) is 2.62. The minimum atomic E-state index is -0.216. The average molecular weight is 301 g/mol. The van der Waals surface area contributed by atoms with Gasteiger partial charge in [-0.05, 0) is 32.0 Å². The number of rotatable bonds is 3. The van der Waals surface area contributed by atoms with Crippen molar-refractivity contribution in [2.24, 2.45) is 0 Å². The van der Waals surface area contributed by atoms with Gasteiger partial charge in [0.15, 0.2) is 6.61 Å². The number of nitrogens with zero attached hydrogens (tertiary/aromatic N) is 1. The first-order valence-corrected chi connectivity index (χ1v) is 6.81. The van der Waals surface area contributed by atoms with Crippen molar-refractivity contribution in [3.63, 3.8) is 0 Å². The molecule has 7 heteroatoms. The van der Waals surface area contributed by atoms with Gasteiger partial charge in [-0.1, -0.05) is 5.16 Å². The molecule has 7 nitrogen and oxygen atoms in total. The van der Waals surface area contributed by atoms with Crippen LogP contribution in [-0.2, 0) is 16.0 Å². The fourth-order valence-corrected chi connectivity index (χ4v) is 2.28. The van der Waals surface area contributed by atoms with Crippen molar-refractivity contribution in [1.82, 2.24) is 5.16 Å². The van der Waals surface area contributed by atoms with E-state index in [0.717, 1.165) is 5.56 Å². The molecule has 0 saturated heterocycles. The molecule has 1 aliphatic heterocycles. The Labute approximate surface area is 126 Å². The number of carbonyl (C=O) groups is 2. The Morgan fingerprint density at radius 3 is 2.95 bits per heavy atom. The van der Waals surface area contributed by atoms with E-state index in [2.05, 4.69) is 15.8 Å². The van der Waals surface area contributed by atoms with Crippen LogP contribution in [0.4, 0.5) is 11.4 Å². The van der Waals surface area contributed by atoms with Crippen molar-refractivity contribution < 1.29 is 18.8 Å². The summed E-state index contributed by atoms with van der Waals surface area (Å²) >= 11 is 0. The lowest BCUT2D eigenvalue weighted by atomic mass is 10.1. The summed E-state index contributed by atoms with van der Waals surface area (Å²) in [5.74, 6) is 0.825. The van der Waals surface area contributed by atoms with Gasteiger partial charge in [0, 0.05) is 11.3 Å². The van der Waals surface area contributed by atoms with Gasteiger partial charge in [0.05, 0.1) is 17.8 Å². The molecule has 0 bridgehead atoms. The van der Waals surface area contributed by atoms with Gasteiger partial charge in [-0.15, -0.1) is 0 Å². The van der Waals surface area contributed by atoms with Crippen molar-refractivity contribution in [3.05, 3.63) is 35.2 Å². The summed E-state index contributed by atoms with van der Waals surface area (Å²) in [4.78, 5) is 23.4. The third-order valence-electron chi connectivity index (χ3n) is 3.41. The molecule has 0 fully saturated rings. The maximum atomic E-state index is 12.1. The van der Waals surface area contributed by atoms with Gasteiger partial charge in [0.2, 0.25) is 5.91 Å². The van der Waals surface area contributed by atoms with Crippen LogP contribution in [0, 0.1) is 13.8 Å². The largest absolute Gasteiger partial charge is 0.482 e. The summed E-state index contributed by atoms with van der Waals surface area (Å²) in [6.45, 7) is 3.57. The lowest BCUT2D eigenvalue weighted by Crippen LogP contribution is -2.25. The Morgan fingerprint density at radius 1 is 1.41 bits per heavy atom. The molecular formula is C15H15N3O4. The number of fused-ring (bicyclic) bond motifs is 1. The summed E-state index contributed by atoms with van der Waals surface area (Å²) < 4.78 is 10.3. The zero-order valence-electron chi connectivity index (χ0n) is 12.2. The van der Waals surface area contributed by atoms with Gasteiger partial charge < -0.3 is 19.9 Å². The van der Waals surface area contributed by atoms with Gasteiger partial charge >= 0.3 is 0 Å². The molecular weight excluding hydrogens is 286 g/mol. The second kappa shape index (κ2) is 5.51. The average Bonchev–Trinajstić information content (AvgIpc) is 2.78. The molecule has 0 atom stereocenters. The number of aromatic nitrogens is 1. The zero-order valence-corrected chi connectivity index (χ0v) is 12.2. The summed E-state index contributed by atoms with van der Waals surface area (Å²) in [5, 5.41) is 9.30. The standard InChI is InChI=1S/C15H15N3O4/c1-8-11(9(2)22-18-8)6-14(19)16-10-3-4-13-12(5-10)17-15(20)7-21-13/h3-5H,6-7H2,1-2H3,(H,16,19)(H,17,20).